The predicted octanol–water partition coefficient (Wildman–Crippen LogP) is 1.85. The SMILES string of the molecule is Cc1nn(-c2ccccc2)c(N(CCO)C(C)C)c1CN. The summed E-state index contributed by atoms with van der Waals surface area (Å²) in [5.74, 6) is 0.977. The van der Waals surface area contributed by atoms with Crippen molar-refractivity contribution in [3.8, 4) is 5.69 Å². The maximum absolute atomic E-state index is 9.38. The molecule has 0 unspecified atom stereocenters. The van der Waals surface area contributed by atoms with E-state index in [1.54, 1.807) is 0 Å². The summed E-state index contributed by atoms with van der Waals surface area (Å²) in [6, 6.07) is 10.3. The fraction of sp³-hybridized carbons (Fsp3) is 0.438. The molecule has 0 spiro atoms. The average Bonchev–Trinajstić information content (AvgIpc) is 2.81. The minimum Gasteiger partial charge on any atom is -0.395 e. The molecule has 114 valence electrons. The van der Waals surface area contributed by atoms with Gasteiger partial charge in [0, 0.05) is 24.7 Å². The lowest BCUT2D eigenvalue weighted by atomic mass is 10.2. The number of nitrogens with zero attached hydrogens (tertiary/aromatic N) is 3. The first kappa shape index (κ1) is 15.5. The number of hydrogen-bond acceptors (Lipinski definition) is 4. The first-order valence-corrected chi connectivity index (χ1v) is 7.31. The Morgan fingerprint density at radius 3 is 2.48 bits per heavy atom. The number of aliphatic hydroxyl groups excluding tert-OH is 1. The van der Waals surface area contributed by atoms with Gasteiger partial charge < -0.3 is 15.7 Å². The molecule has 21 heavy (non-hydrogen) atoms. The van der Waals surface area contributed by atoms with Crippen LogP contribution in [-0.2, 0) is 6.54 Å². The second kappa shape index (κ2) is 6.74. The van der Waals surface area contributed by atoms with Gasteiger partial charge in [-0.3, -0.25) is 0 Å². The third kappa shape index (κ3) is 3.09. The largest absolute Gasteiger partial charge is 0.395 e. The summed E-state index contributed by atoms with van der Waals surface area (Å²) in [4.78, 5) is 2.15. The first-order chi connectivity index (χ1) is 10.1. The summed E-state index contributed by atoms with van der Waals surface area (Å²) in [5, 5.41) is 14.0. The fourth-order valence-corrected chi connectivity index (χ4v) is 2.55. The van der Waals surface area contributed by atoms with E-state index in [4.69, 9.17) is 5.73 Å². The lowest BCUT2D eigenvalue weighted by Gasteiger charge is -2.29. The number of hydrogen-bond donors (Lipinski definition) is 2. The smallest absolute Gasteiger partial charge is 0.137 e. The summed E-state index contributed by atoms with van der Waals surface area (Å²) >= 11 is 0. The Bertz CT molecular complexity index is 577. The van der Waals surface area contributed by atoms with Gasteiger partial charge in [0.2, 0.25) is 0 Å². The standard InChI is InChI=1S/C16H24N4O/c1-12(2)19(9-10-21)16-15(11-17)13(3)18-20(16)14-7-5-4-6-8-14/h4-8,12,21H,9-11,17H2,1-3H3. The second-order valence-corrected chi connectivity index (χ2v) is 5.35. The molecule has 0 saturated heterocycles. The molecule has 0 amide bonds. The molecule has 0 radical (unpaired) electrons. The number of anilines is 1. The van der Waals surface area contributed by atoms with Crippen molar-refractivity contribution in [3.63, 3.8) is 0 Å². The number of rotatable bonds is 6. The monoisotopic (exact) mass is 288 g/mol. The maximum Gasteiger partial charge on any atom is 0.137 e. The molecular weight excluding hydrogens is 264 g/mol. The molecule has 0 aliphatic rings. The van der Waals surface area contributed by atoms with Crippen LogP contribution in [0.2, 0.25) is 0 Å². The molecule has 1 aromatic heterocycles. The Balaban J connectivity index is 2.61. The summed E-state index contributed by atoms with van der Waals surface area (Å²) in [6.45, 7) is 7.27. The molecule has 0 bridgehead atoms. The van der Waals surface area contributed by atoms with E-state index >= 15 is 0 Å². The van der Waals surface area contributed by atoms with Crippen LogP contribution in [0.15, 0.2) is 30.3 Å². The highest BCUT2D eigenvalue weighted by Gasteiger charge is 2.22. The van der Waals surface area contributed by atoms with Gasteiger partial charge in [0.1, 0.15) is 5.82 Å². The van der Waals surface area contributed by atoms with E-state index in [1.807, 2.05) is 41.9 Å². The Morgan fingerprint density at radius 2 is 1.95 bits per heavy atom. The van der Waals surface area contributed by atoms with Gasteiger partial charge in [-0.25, -0.2) is 4.68 Å². The molecule has 0 fully saturated rings. The minimum absolute atomic E-state index is 0.0984. The molecule has 1 heterocycles. The van der Waals surface area contributed by atoms with Gasteiger partial charge in [-0.15, -0.1) is 0 Å². The van der Waals surface area contributed by atoms with Gasteiger partial charge in [0.25, 0.3) is 0 Å². The third-order valence-corrected chi connectivity index (χ3v) is 3.60. The number of benzene rings is 1. The van der Waals surface area contributed by atoms with Crippen molar-refractivity contribution in [1.82, 2.24) is 9.78 Å². The number of aromatic nitrogens is 2. The number of para-hydroxylation sites is 1. The van der Waals surface area contributed by atoms with Gasteiger partial charge in [-0.2, -0.15) is 5.10 Å². The van der Waals surface area contributed by atoms with E-state index in [2.05, 4.69) is 23.8 Å². The summed E-state index contributed by atoms with van der Waals surface area (Å²) in [7, 11) is 0. The van der Waals surface area contributed by atoms with Crippen molar-refractivity contribution in [1.29, 1.82) is 0 Å². The molecule has 1 aromatic carbocycles. The van der Waals surface area contributed by atoms with Crippen LogP contribution in [0.25, 0.3) is 5.69 Å². The van der Waals surface area contributed by atoms with Crippen LogP contribution in [0.4, 0.5) is 5.82 Å². The topological polar surface area (TPSA) is 67.3 Å². The highest BCUT2D eigenvalue weighted by atomic mass is 16.3. The van der Waals surface area contributed by atoms with E-state index in [0.717, 1.165) is 22.8 Å². The first-order valence-electron chi connectivity index (χ1n) is 7.31. The van der Waals surface area contributed by atoms with E-state index in [9.17, 15) is 5.11 Å². The van der Waals surface area contributed by atoms with Crippen LogP contribution in [-0.4, -0.2) is 34.1 Å². The molecule has 5 heteroatoms. The fourth-order valence-electron chi connectivity index (χ4n) is 2.55. The van der Waals surface area contributed by atoms with E-state index in [0.29, 0.717) is 13.1 Å². The Kier molecular flexibility index (Phi) is 4.98. The van der Waals surface area contributed by atoms with Crippen molar-refractivity contribution in [3.05, 3.63) is 41.6 Å². The Hall–Kier alpha value is -1.85. The summed E-state index contributed by atoms with van der Waals surface area (Å²) in [5.41, 5.74) is 8.89. The quantitative estimate of drug-likeness (QED) is 0.851. The molecule has 5 nitrogen and oxygen atoms in total. The lowest BCUT2D eigenvalue weighted by molar-refractivity contribution is 0.298. The van der Waals surface area contributed by atoms with Crippen molar-refractivity contribution in [2.75, 3.05) is 18.1 Å². The van der Waals surface area contributed by atoms with Crippen LogP contribution >= 0.6 is 0 Å². The third-order valence-electron chi connectivity index (χ3n) is 3.60. The van der Waals surface area contributed by atoms with Crippen molar-refractivity contribution >= 4 is 5.82 Å². The second-order valence-electron chi connectivity index (χ2n) is 5.35. The van der Waals surface area contributed by atoms with Crippen molar-refractivity contribution in [2.45, 2.75) is 33.4 Å². The van der Waals surface area contributed by atoms with Gasteiger partial charge >= 0.3 is 0 Å². The molecule has 3 N–H and O–H groups in total. The molecule has 0 saturated carbocycles. The van der Waals surface area contributed by atoms with Gasteiger partial charge in [0.15, 0.2) is 0 Å². The molecule has 0 aliphatic heterocycles. The Labute approximate surface area is 126 Å². The van der Waals surface area contributed by atoms with Crippen molar-refractivity contribution < 1.29 is 5.11 Å². The molecular formula is C16H24N4O. The van der Waals surface area contributed by atoms with Gasteiger partial charge in [0.05, 0.1) is 18.0 Å². The van der Waals surface area contributed by atoms with Crippen molar-refractivity contribution in [2.24, 2.45) is 5.73 Å². The molecule has 2 aromatic rings. The van der Waals surface area contributed by atoms with E-state index < -0.39 is 0 Å². The van der Waals surface area contributed by atoms with Gasteiger partial charge in [-0.05, 0) is 32.9 Å². The van der Waals surface area contributed by atoms with Gasteiger partial charge in [-0.1, -0.05) is 18.2 Å². The van der Waals surface area contributed by atoms with E-state index in [1.165, 1.54) is 0 Å². The highest BCUT2D eigenvalue weighted by Crippen LogP contribution is 2.28. The highest BCUT2D eigenvalue weighted by molar-refractivity contribution is 5.55. The summed E-state index contributed by atoms with van der Waals surface area (Å²) in [6.07, 6.45) is 0. The average molecular weight is 288 g/mol. The molecule has 0 aliphatic carbocycles. The zero-order valence-electron chi connectivity index (χ0n) is 13.0. The lowest BCUT2D eigenvalue weighted by Crippen LogP contribution is -2.36. The normalized spacial score (nSPS) is 11.1. The zero-order chi connectivity index (χ0) is 15.4. The van der Waals surface area contributed by atoms with Crippen LogP contribution in [0.3, 0.4) is 0 Å². The molecule has 0 atom stereocenters. The number of aliphatic hydroxyl groups is 1. The minimum atomic E-state index is 0.0984. The van der Waals surface area contributed by atoms with Crippen LogP contribution in [0.5, 0.6) is 0 Å². The summed E-state index contributed by atoms with van der Waals surface area (Å²) < 4.78 is 1.92. The number of nitrogens with two attached hydrogens (primary N) is 1. The van der Waals surface area contributed by atoms with E-state index in [-0.39, 0.29) is 12.6 Å². The number of aryl methyl sites for hydroxylation is 1. The predicted molar refractivity (Wildman–Crippen MR) is 85.8 cm³/mol. The van der Waals surface area contributed by atoms with Crippen LogP contribution in [0.1, 0.15) is 25.1 Å². The maximum atomic E-state index is 9.38. The zero-order valence-corrected chi connectivity index (χ0v) is 13.0. The van der Waals surface area contributed by atoms with Crippen LogP contribution < -0.4 is 10.6 Å². The van der Waals surface area contributed by atoms with Crippen LogP contribution in [0, 0.1) is 6.92 Å². The molecule has 2 rings (SSSR count). The Morgan fingerprint density at radius 1 is 1.29 bits per heavy atom.